The molecule has 33 heavy (non-hydrogen) atoms. The maximum atomic E-state index is 13.7. The summed E-state index contributed by atoms with van der Waals surface area (Å²) in [6, 6.07) is 16.8. The van der Waals surface area contributed by atoms with Gasteiger partial charge in [-0.25, -0.2) is 18.0 Å². The Hall–Kier alpha value is -3.16. The Morgan fingerprint density at radius 3 is 2.06 bits per heavy atom. The first-order valence-corrected chi connectivity index (χ1v) is 10.8. The highest BCUT2D eigenvalue weighted by molar-refractivity contribution is 5.87. The number of hydrogen-bond donors (Lipinski definition) is 2. The molecule has 0 aliphatic carbocycles. The monoisotopic (exact) mass is 456 g/mol. The van der Waals surface area contributed by atoms with Gasteiger partial charge in [0.15, 0.2) is 17.5 Å². The van der Waals surface area contributed by atoms with Crippen LogP contribution in [0.3, 0.4) is 0 Å². The van der Waals surface area contributed by atoms with E-state index in [1.165, 1.54) is 23.3 Å². The fraction of sp³-hybridized carbons (Fsp3) is 0.269. The highest BCUT2D eigenvalue weighted by Crippen LogP contribution is 2.17. The van der Waals surface area contributed by atoms with E-state index in [2.05, 4.69) is 29.6 Å². The van der Waals surface area contributed by atoms with Crippen LogP contribution in [-0.4, -0.2) is 29.1 Å². The van der Waals surface area contributed by atoms with Crippen LogP contribution in [0.2, 0.25) is 0 Å². The van der Waals surface area contributed by atoms with Crippen molar-refractivity contribution in [2.75, 3.05) is 13.1 Å². The van der Waals surface area contributed by atoms with E-state index in [4.69, 9.17) is 5.11 Å². The van der Waals surface area contributed by atoms with E-state index in [-0.39, 0.29) is 12.1 Å². The van der Waals surface area contributed by atoms with Crippen LogP contribution >= 0.6 is 0 Å². The fourth-order valence-corrected chi connectivity index (χ4v) is 3.55. The van der Waals surface area contributed by atoms with Crippen molar-refractivity contribution in [1.82, 2.24) is 10.2 Å². The molecule has 0 aliphatic heterocycles. The third kappa shape index (κ3) is 7.44. The summed E-state index contributed by atoms with van der Waals surface area (Å²) < 4.78 is 40.7. The Kier molecular flexibility index (Phi) is 8.63. The number of aryl methyl sites for hydroxylation is 1. The van der Waals surface area contributed by atoms with Gasteiger partial charge in [-0.2, -0.15) is 0 Å². The van der Waals surface area contributed by atoms with Crippen molar-refractivity contribution < 1.29 is 23.1 Å². The molecule has 0 aromatic heterocycles. The van der Waals surface area contributed by atoms with Crippen LogP contribution in [0, 0.1) is 24.4 Å². The smallest absolute Gasteiger partial charge is 0.335 e. The lowest BCUT2D eigenvalue weighted by Gasteiger charge is -2.23. The molecule has 0 saturated carbocycles. The summed E-state index contributed by atoms with van der Waals surface area (Å²) in [4.78, 5) is 13.1. The Morgan fingerprint density at radius 1 is 0.879 bits per heavy atom. The SMILES string of the molecule is Cc1ccc(CNCCCN(Cc2ccc(C(=O)O)cc2)Cc2cc(F)c(F)c(F)c2)cc1. The summed E-state index contributed by atoms with van der Waals surface area (Å²) in [7, 11) is 0. The summed E-state index contributed by atoms with van der Waals surface area (Å²) in [5.74, 6) is -4.91. The van der Waals surface area contributed by atoms with E-state index in [0.29, 0.717) is 18.7 Å². The van der Waals surface area contributed by atoms with Gasteiger partial charge in [-0.3, -0.25) is 4.90 Å². The zero-order valence-electron chi connectivity index (χ0n) is 18.5. The number of nitrogens with one attached hydrogen (secondary N) is 1. The zero-order valence-corrected chi connectivity index (χ0v) is 18.5. The number of aromatic carboxylic acids is 1. The van der Waals surface area contributed by atoms with Gasteiger partial charge in [0.1, 0.15) is 0 Å². The predicted molar refractivity (Wildman–Crippen MR) is 121 cm³/mol. The quantitative estimate of drug-likeness (QED) is 0.304. The number of hydrogen-bond acceptors (Lipinski definition) is 3. The second-order valence-electron chi connectivity index (χ2n) is 8.10. The topological polar surface area (TPSA) is 52.6 Å². The Morgan fingerprint density at radius 2 is 1.45 bits per heavy atom. The molecule has 0 heterocycles. The van der Waals surface area contributed by atoms with Crippen LogP contribution in [0.15, 0.2) is 60.7 Å². The predicted octanol–water partition coefficient (Wildman–Crippen LogP) is 5.29. The minimum absolute atomic E-state index is 0.188. The lowest BCUT2D eigenvalue weighted by molar-refractivity contribution is 0.0697. The lowest BCUT2D eigenvalue weighted by Crippen LogP contribution is -2.27. The van der Waals surface area contributed by atoms with E-state index < -0.39 is 23.4 Å². The Balaban J connectivity index is 1.61. The number of carboxylic acids is 1. The van der Waals surface area contributed by atoms with Gasteiger partial charge in [0, 0.05) is 26.2 Å². The van der Waals surface area contributed by atoms with E-state index in [9.17, 15) is 18.0 Å². The Labute approximate surface area is 191 Å². The van der Waals surface area contributed by atoms with Crippen molar-refractivity contribution in [1.29, 1.82) is 0 Å². The largest absolute Gasteiger partial charge is 0.478 e. The summed E-state index contributed by atoms with van der Waals surface area (Å²) in [6.45, 7) is 4.84. The fourth-order valence-electron chi connectivity index (χ4n) is 3.55. The minimum Gasteiger partial charge on any atom is -0.478 e. The van der Waals surface area contributed by atoms with Gasteiger partial charge in [-0.05, 0) is 60.8 Å². The first-order chi connectivity index (χ1) is 15.8. The van der Waals surface area contributed by atoms with Gasteiger partial charge in [0.05, 0.1) is 5.56 Å². The maximum absolute atomic E-state index is 13.7. The molecule has 0 bridgehead atoms. The molecule has 3 aromatic carbocycles. The van der Waals surface area contributed by atoms with Crippen LogP contribution in [-0.2, 0) is 19.6 Å². The van der Waals surface area contributed by atoms with Gasteiger partial charge < -0.3 is 10.4 Å². The molecule has 0 atom stereocenters. The average Bonchev–Trinajstić information content (AvgIpc) is 2.78. The molecule has 0 radical (unpaired) electrons. The van der Waals surface area contributed by atoms with Crippen molar-refractivity contribution in [3.05, 3.63) is 106 Å². The molecular weight excluding hydrogens is 429 g/mol. The molecular formula is C26H27F3N2O2. The molecule has 7 heteroatoms. The maximum Gasteiger partial charge on any atom is 0.335 e. The van der Waals surface area contributed by atoms with Crippen LogP contribution in [0.25, 0.3) is 0 Å². The standard InChI is InChI=1S/C26H27F3N2O2/c1-18-3-5-19(6-4-18)15-30-11-2-12-31(16-20-7-9-22(10-8-20)26(32)33)17-21-13-23(27)25(29)24(28)14-21/h3-10,13-14,30H,2,11-12,15-17H2,1H3,(H,32,33). The number of carboxylic acid groups (broad SMARTS) is 1. The van der Waals surface area contributed by atoms with E-state index in [1.807, 2.05) is 11.8 Å². The van der Waals surface area contributed by atoms with Crippen LogP contribution in [0.1, 0.15) is 39.0 Å². The highest BCUT2D eigenvalue weighted by atomic mass is 19.2. The number of halogens is 3. The van der Waals surface area contributed by atoms with Crippen molar-refractivity contribution in [2.45, 2.75) is 33.0 Å². The van der Waals surface area contributed by atoms with Crippen molar-refractivity contribution in [3.8, 4) is 0 Å². The van der Waals surface area contributed by atoms with Crippen molar-refractivity contribution in [3.63, 3.8) is 0 Å². The van der Waals surface area contributed by atoms with Crippen LogP contribution in [0.4, 0.5) is 13.2 Å². The molecule has 0 amide bonds. The molecule has 3 aromatic rings. The number of carbonyl (C=O) groups is 1. The molecule has 3 rings (SSSR count). The normalized spacial score (nSPS) is 11.2. The Bertz CT molecular complexity index is 1050. The van der Waals surface area contributed by atoms with E-state index >= 15 is 0 Å². The summed E-state index contributed by atoms with van der Waals surface area (Å²) in [5.41, 5.74) is 3.79. The highest BCUT2D eigenvalue weighted by Gasteiger charge is 2.14. The van der Waals surface area contributed by atoms with E-state index in [1.54, 1.807) is 12.1 Å². The number of nitrogens with zero attached hydrogens (tertiary/aromatic N) is 1. The molecule has 4 nitrogen and oxygen atoms in total. The molecule has 0 saturated heterocycles. The molecule has 0 fully saturated rings. The van der Waals surface area contributed by atoms with Crippen LogP contribution in [0.5, 0.6) is 0 Å². The van der Waals surface area contributed by atoms with Crippen molar-refractivity contribution >= 4 is 5.97 Å². The molecule has 0 unspecified atom stereocenters. The molecule has 0 aliphatic rings. The number of benzene rings is 3. The van der Waals surface area contributed by atoms with E-state index in [0.717, 1.165) is 37.2 Å². The third-order valence-corrected chi connectivity index (χ3v) is 5.33. The molecule has 0 spiro atoms. The summed E-state index contributed by atoms with van der Waals surface area (Å²) in [5, 5.41) is 12.5. The second-order valence-corrected chi connectivity index (χ2v) is 8.10. The second kappa shape index (κ2) is 11.6. The van der Waals surface area contributed by atoms with Crippen molar-refractivity contribution in [2.24, 2.45) is 0 Å². The molecule has 174 valence electrons. The van der Waals surface area contributed by atoms with Gasteiger partial charge in [0.2, 0.25) is 0 Å². The van der Waals surface area contributed by atoms with Gasteiger partial charge in [-0.1, -0.05) is 42.0 Å². The summed E-state index contributed by atoms with van der Waals surface area (Å²) in [6.07, 6.45) is 0.783. The summed E-state index contributed by atoms with van der Waals surface area (Å²) >= 11 is 0. The van der Waals surface area contributed by atoms with Gasteiger partial charge in [-0.15, -0.1) is 0 Å². The lowest BCUT2D eigenvalue weighted by atomic mass is 10.1. The third-order valence-electron chi connectivity index (χ3n) is 5.33. The minimum atomic E-state index is -1.48. The zero-order chi connectivity index (χ0) is 23.8. The first-order valence-electron chi connectivity index (χ1n) is 10.8. The first kappa shape index (κ1) is 24.5. The number of rotatable bonds is 11. The molecule has 2 N–H and O–H groups in total. The van der Waals surface area contributed by atoms with Gasteiger partial charge >= 0.3 is 5.97 Å². The average molecular weight is 457 g/mol. The van der Waals surface area contributed by atoms with Gasteiger partial charge in [0.25, 0.3) is 0 Å². The van der Waals surface area contributed by atoms with Crippen LogP contribution < -0.4 is 5.32 Å².